The summed E-state index contributed by atoms with van der Waals surface area (Å²) in [6.45, 7) is 4.67. The normalized spacial score (nSPS) is 15.9. The van der Waals surface area contributed by atoms with Crippen LogP contribution in [-0.4, -0.2) is 75.2 Å². The Labute approximate surface area is 208 Å². The molecule has 0 aliphatic rings. The SMILES string of the molecule is CC[C@H](C)[C@H](NC(=O)[C@@H](N)CC(N)=O)C(=O)N[C@H](C(=O)N[C@@H](Cc1ccc(O)cc1)C(=O)O)[C@@H](C)O. The second-order valence-corrected chi connectivity index (χ2v) is 8.65. The van der Waals surface area contributed by atoms with Crippen molar-refractivity contribution < 1.29 is 39.3 Å². The largest absolute Gasteiger partial charge is 0.508 e. The number of nitrogens with one attached hydrogen (secondary N) is 3. The first kappa shape index (κ1) is 30.3. The molecule has 0 heterocycles. The Balaban J connectivity index is 3.00. The molecule has 0 aliphatic heterocycles. The van der Waals surface area contributed by atoms with Crippen LogP contribution in [0.5, 0.6) is 5.75 Å². The second-order valence-electron chi connectivity index (χ2n) is 8.65. The molecule has 0 fully saturated rings. The number of amides is 4. The van der Waals surface area contributed by atoms with Gasteiger partial charge in [0.25, 0.3) is 0 Å². The average Bonchev–Trinajstić information content (AvgIpc) is 2.80. The standard InChI is InChI=1S/C23H35N5O8/c1-4-11(2)18(27-20(32)15(24)10-17(25)31)21(33)28-19(12(3)29)22(34)26-16(23(35)36)9-13-5-7-14(30)8-6-13/h5-8,11-12,15-16,18-19,29-30H,4,9-10,24H2,1-3H3,(H2,25,31)(H,26,34)(H,27,32)(H,28,33)(H,35,36)/t11-,12+,15-,16-,18-,19-/m0/s1. The van der Waals surface area contributed by atoms with Crippen molar-refractivity contribution in [1.29, 1.82) is 0 Å². The number of carboxylic acid groups (broad SMARTS) is 1. The molecule has 1 aromatic rings. The Bertz CT molecular complexity index is 937. The summed E-state index contributed by atoms with van der Waals surface area (Å²) in [5, 5.41) is 36.2. The number of carbonyl (C=O) groups is 5. The lowest BCUT2D eigenvalue weighted by atomic mass is 9.97. The van der Waals surface area contributed by atoms with Gasteiger partial charge in [0.05, 0.1) is 18.6 Å². The number of primary amides is 1. The Morgan fingerprint density at radius 1 is 0.917 bits per heavy atom. The molecular weight excluding hydrogens is 474 g/mol. The van der Waals surface area contributed by atoms with E-state index in [0.29, 0.717) is 12.0 Å². The fourth-order valence-electron chi connectivity index (χ4n) is 3.25. The van der Waals surface area contributed by atoms with Gasteiger partial charge >= 0.3 is 5.97 Å². The molecule has 0 saturated heterocycles. The quantitative estimate of drug-likeness (QED) is 0.140. The molecule has 10 N–H and O–H groups in total. The molecule has 200 valence electrons. The molecule has 36 heavy (non-hydrogen) atoms. The van der Waals surface area contributed by atoms with E-state index < -0.39 is 72.2 Å². The van der Waals surface area contributed by atoms with Crippen LogP contribution in [0.25, 0.3) is 0 Å². The fourth-order valence-corrected chi connectivity index (χ4v) is 3.25. The van der Waals surface area contributed by atoms with Crippen LogP contribution >= 0.6 is 0 Å². The lowest BCUT2D eigenvalue weighted by molar-refractivity contribution is -0.143. The summed E-state index contributed by atoms with van der Waals surface area (Å²) < 4.78 is 0. The smallest absolute Gasteiger partial charge is 0.326 e. The number of hydrogen-bond donors (Lipinski definition) is 8. The number of aliphatic hydroxyl groups is 1. The van der Waals surface area contributed by atoms with E-state index in [2.05, 4.69) is 16.0 Å². The van der Waals surface area contributed by atoms with Gasteiger partial charge in [-0.05, 0) is 30.5 Å². The van der Waals surface area contributed by atoms with Crippen molar-refractivity contribution in [2.75, 3.05) is 0 Å². The maximum atomic E-state index is 13.0. The van der Waals surface area contributed by atoms with E-state index in [1.165, 1.54) is 31.2 Å². The Hall–Kier alpha value is -3.71. The summed E-state index contributed by atoms with van der Waals surface area (Å²) in [7, 11) is 0. The monoisotopic (exact) mass is 509 g/mol. The Kier molecular flexibility index (Phi) is 11.8. The van der Waals surface area contributed by atoms with Gasteiger partial charge in [-0.15, -0.1) is 0 Å². The number of aliphatic hydroxyl groups excluding tert-OH is 1. The van der Waals surface area contributed by atoms with Gasteiger partial charge in [0.2, 0.25) is 23.6 Å². The highest BCUT2D eigenvalue weighted by Gasteiger charge is 2.34. The van der Waals surface area contributed by atoms with Gasteiger partial charge in [0.15, 0.2) is 0 Å². The molecule has 4 amide bonds. The molecule has 0 unspecified atom stereocenters. The van der Waals surface area contributed by atoms with E-state index in [-0.39, 0.29) is 12.2 Å². The molecule has 6 atom stereocenters. The van der Waals surface area contributed by atoms with Crippen molar-refractivity contribution in [3.05, 3.63) is 29.8 Å². The number of hydrogen-bond acceptors (Lipinski definition) is 8. The van der Waals surface area contributed by atoms with Crippen LogP contribution in [0.2, 0.25) is 0 Å². The summed E-state index contributed by atoms with van der Waals surface area (Å²) in [6, 6.07) is 0.346. The zero-order valence-electron chi connectivity index (χ0n) is 20.4. The highest BCUT2D eigenvalue weighted by Crippen LogP contribution is 2.12. The molecule has 0 aliphatic carbocycles. The number of carboxylic acids is 1. The highest BCUT2D eigenvalue weighted by molar-refractivity contribution is 5.95. The molecule has 1 aromatic carbocycles. The first-order valence-corrected chi connectivity index (χ1v) is 11.4. The zero-order chi connectivity index (χ0) is 27.6. The van der Waals surface area contributed by atoms with E-state index >= 15 is 0 Å². The van der Waals surface area contributed by atoms with Gasteiger partial charge in [-0.3, -0.25) is 19.2 Å². The first-order chi connectivity index (χ1) is 16.8. The van der Waals surface area contributed by atoms with E-state index in [1.54, 1.807) is 13.8 Å². The first-order valence-electron chi connectivity index (χ1n) is 11.4. The number of nitrogens with two attached hydrogens (primary N) is 2. The summed E-state index contributed by atoms with van der Waals surface area (Å²) in [6.07, 6.45) is -1.52. The fraction of sp³-hybridized carbons (Fsp3) is 0.522. The summed E-state index contributed by atoms with van der Waals surface area (Å²) in [4.78, 5) is 60.9. The van der Waals surface area contributed by atoms with Crippen molar-refractivity contribution in [3.63, 3.8) is 0 Å². The predicted octanol–water partition coefficient (Wildman–Crippen LogP) is -1.90. The van der Waals surface area contributed by atoms with E-state index in [1.807, 2.05) is 0 Å². The summed E-state index contributed by atoms with van der Waals surface area (Å²) in [5.74, 6) is -5.14. The van der Waals surface area contributed by atoms with Gasteiger partial charge in [0, 0.05) is 6.42 Å². The molecule has 1 rings (SSSR count). The van der Waals surface area contributed by atoms with Gasteiger partial charge in [-0.2, -0.15) is 0 Å². The van der Waals surface area contributed by atoms with E-state index in [0.717, 1.165) is 0 Å². The van der Waals surface area contributed by atoms with Gasteiger partial charge in [0.1, 0.15) is 23.9 Å². The number of carbonyl (C=O) groups excluding carboxylic acids is 4. The maximum Gasteiger partial charge on any atom is 0.326 e. The Morgan fingerprint density at radius 2 is 1.44 bits per heavy atom. The van der Waals surface area contributed by atoms with Crippen LogP contribution in [0.4, 0.5) is 0 Å². The maximum absolute atomic E-state index is 13.0. The minimum atomic E-state index is -1.54. The predicted molar refractivity (Wildman–Crippen MR) is 128 cm³/mol. The lowest BCUT2D eigenvalue weighted by Gasteiger charge is -2.28. The summed E-state index contributed by atoms with van der Waals surface area (Å²) >= 11 is 0. The van der Waals surface area contributed by atoms with Crippen LogP contribution in [0.3, 0.4) is 0 Å². The number of aliphatic carboxylic acids is 1. The van der Waals surface area contributed by atoms with Crippen LogP contribution in [0.15, 0.2) is 24.3 Å². The van der Waals surface area contributed by atoms with Crippen LogP contribution in [-0.2, 0) is 30.4 Å². The third-order valence-electron chi connectivity index (χ3n) is 5.60. The van der Waals surface area contributed by atoms with Crippen molar-refractivity contribution in [1.82, 2.24) is 16.0 Å². The second kappa shape index (κ2) is 14.0. The molecule has 0 bridgehead atoms. The number of rotatable bonds is 14. The number of aromatic hydroxyl groups is 1. The number of phenolic OH excluding ortho intramolecular Hbond substituents is 1. The summed E-state index contributed by atoms with van der Waals surface area (Å²) in [5.41, 5.74) is 11.2. The third-order valence-corrected chi connectivity index (χ3v) is 5.60. The number of phenols is 1. The van der Waals surface area contributed by atoms with Crippen molar-refractivity contribution >= 4 is 29.6 Å². The third kappa shape index (κ3) is 9.50. The van der Waals surface area contributed by atoms with Crippen LogP contribution in [0, 0.1) is 5.92 Å². The van der Waals surface area contributed by atoms with Gasteiger partial charge < -0.3 is 42.7 Å². The van der Waals surface area contributed by atoms with Gasteiger partial charge in [-0.1, -0.05) is 32.4 Å². The lowest BCUT2D eigenvalue weighted by Crippen LogP contribution is -2.61. The minimum Gasteiger partial charge on any atom is -0.508 e. The molecule has 0 aromatic heterocycles. The van der Waals surface area contributed by atoms with E-state index in [9.17, 15) is 39.3 Å². The highest BCUT2D eigenvalue weighted by atomic mass is 16.4. The average molecular weight is 510 g/mol. The zero-order valence-corrected chi connectivity index (χ0v) is 20.4. The molecule has 0 saturated carbocycles. The molecular formula is C23H35N5O8. The van der Waals surface area contributed by atoms with Crippen LogP contribution in [0.1, 0.15) is 39.2 Å². The molecule has 13 nitrogen and oxygen atoms in total. The molecule has 13 heteroatoms. The Morgan fingerprint density at radius 3 is 1.92 bits per heavy atom. The van der Waals surface area contributed by atoms with Crippen LogP contribution < -0.4 is 27.4 Å². The number of benzene rings is 1. The van der Waals surface area contributed by atoms with Crippen molar-refractivity contribution in [2.45, 2.75) is 70.3 Å². The topological polar surface area (TPSA) is 234 Å². The molecule has 0 radical (unpaired) electrons. The van der Waals surface area contributed by atoms with Crippen molar-refractivity contribution in [3.8, 4) is 5.75 Å². The molecule has 0 spiro atoms. The van der Waals surface area contributed by atoms with Gasteiger partial charge in [-0.25, -0.2) is 4.79 Å². The van der Waals surface area contributed by atoms with Crippen molar-refractivity contribution in [2.24, 2.45) is 17.4 Å². The van der Waals surface area contributed by atoms with E-state index in [4.69, 9.17) is 11.5 Å². The minimum absolute atomic E-state index is 0.00919.